The van der Waals surface area contributed by atoms with Crippen molar-refractivity contribution in [3.05, 3.63) is 100 Å². The number of carbonyl (C=O) groups is 1. The molecule has 5 N–H and O–H groups in total. The second kappa shape index (κ2) is 14.4. The number of fused-ring (bicyclic) bond motifs is 2. The standard InChI is InChI=1S/C19H22N6O.C17H17N5OS/c1-11-6-12(2)8-14(7-11)23-17-9-15(22-13-4-3-5-13)19-21-10-16(18(20)26)25(19)24-17;1-5-24(23)14-9-15(20-13-7-11(2)6-12(3)8-13)21-22-16(18-4)10-19-17(14)22/h6-10,13,22H,3-5H2,1-2H3,(H2,20,26)(H,23,24);6-10H,5H2,1-3H3,(H,20,21). The minimum Gasteiger partial charge on any atom is -0.379 e. The van der Waals surface area contributed by atoms with Crippen LogP contribution in [0.5, 0.6) is 0 Å². The molecule has 0 saturated heterocycles. The third-order valence-electron chi connectivity index (χ3n) is 8.21. The van der Waals surface area contributed by atoms with Crippen molar-refractivity contribution in [2.45, 2.75) is 64.8 Å². The van der Waals surface area contributed by atoms with Gasteiger partial charge in [-0.3, -0.25) is 9.00 Å². The van der Waals surface area contributed by atoms with Crippen molar-refractivity contribution in [1.82, 2.24) is 29.2 Å². The summed E-state index contributed by atoms with van der Waals surface area (Å²) in [5, 5.41) is 19.0. The van der Waals surface area contributed by atoms with Crippen LogP contribution >= 0.6 is 0 Å². The third-order valence-corrected chi connectivity index (χ3v) is 9.53. The first-order valence-corrected chi connectivity index (χ1v) is 17.6. The van der Waals surface area contributed by atoms with Crippen molar-refractivity contribution in [2.24, 2.45) is 5.73 Å². The lowest BCUT2D eigenvalue weighted by Gasteiger charge is -2.27. The lowest BCUT2D eigenvalue weighted by Crippen LogP contribution is -2.27. The van der Waals surface area contributed by atoms with Crippen LogP contribution in [-0.2, 0) is 10.8 Å². The van der Waals surface area contributed by atoms with E-state index in [0.29, 0.717) is 45.4 Å². The minimum absolute atomic E-state index is 0.265. The van der Waals surface area contributed by atoms with Crippen LogP contribution < -0.4 is 21.7 Å². The number of amides is 1. The van der Waals surface area contributed by atoms with Gasteiger partial charge >= 0.3 is 0 Å². The minimum atomic E-state index is -1.20. The Balaban J connectivity index is 0.000000174. The second-order valence-corrected chi connectivity index (χ2v) is 14.2. The molecule has 0 spiro atoms. The molecule has 2 aromatic carbocycles. The van der Waals surface area contributed by atoms with Gasteiger partial charge in [0.15, 0.2) is 17.3 Å². The number of aromatic nitrogens is 6. The van der Waals surface area contributed by atoms with Gasteiger partial charge in [0.1, 0.15) is 10.6 Å². The summed E-state index contributed by atoms with van der Waals surface area (Å²) in [6.07, 6.45) is 6.42. The van der Waals surface area contributed by atoms with E-state index in [1.54, 1.807) is 6.07 Å². The average molecular weight is 690 g/mol. The van der Waals surface area contributed by atoms with E-state index in [2.05, 4.69) is 79.1 Å². The maximum atomic E-state index is 12.4. The Hall–Kier alpha value is -5.81. The lowest BCUT2D eigenvalue weighted by atomic mass is 9.93. The number of aryl methyl sites for hydroxylation is 4. The molecule has 14 heteroatoms. The molecule has 6 aromatic rings. The highest BCUT2D eigenvalue weighted by molar-refractivity contribution is 7.85. The molecule has 256 valence electrons. The van der Waals surface area contributed by atoms with Gasteiger partial charge in [-0.2, -0.15) is 0 Å². The molecule has 1 aliphatic rings. The summed E-state index contributed by atoms with van der Waals surface area (Å²) in [7, 11) is -1.20. The predicted octanol–water partition coefficient (Wildman–Crippen LogP) is 6.92. The highest BCUT2D eigenvalue weighted by atomic mass is 32.2. The van der Waals surface area contributed by atoms with Crippen LogP contribution in [0.3, 0.4) is 0 Å². The third kappa shape index (κ3) is 7.42. The summed E-state index contributed by atoms with van der Waals surface area (Å²) < 4.78 is 15.3. The molecular formula is C36H39N11O2S. The number of nitrogens with zero attached hydrogens (tertiary/aromatic N) is 7. The number of nitrogens with one attached hydrogen (secondary N) is 3. The zero-order chi connectivity index (χ0) is 35.5. The fraction of sp³-hybridized carbons (Fsp3) is 0.278. The average Bonchev–Trinajstić information content (AvgIpc) is 3.66. The molecule has 1 fully saturated rings. The molecule has 4 aromatic heterocycles. The molecule has 4 heterocycles. The van der Waals surface area contributed by atoms with Gasteiger partial charge in [0, 0.05) is 35.3 Å². The molecule has 1 aliphatic carbocycles. The summed E-state index contributed by atoms with van der Waals surface area (Å²) in [6.45, 7) is 17.3. The summed E-state index contributed by atoms with van der Waals surface area (Å²) in [5.41, 5.74) is 14.1. The summed E-state index contributed by atoms with van der Waals surface area (Å²) in [6, 6.07) is 16.5. The predicted molar refractivity (Wildman–Crippen MR) is 197 cm³/mol. The van der Waals surface area contributed by atoms with E-state index in [0.717, 1.165) is 41.0 Å². The molecule has 1 amide bonds. The first kappa shape index (κ1) is 34.1. The Morgan fingerprint density at radius 3 is 1.94 bits per heavy atom. The molecule has 1 atom stereocenters. The molecule has 13 nitrogen and oxygen atoms in total. The lowest BCUT2D eigenvalue weighted by molar-refractivity contribution is 0.0993. The van der Waals surface area contributed by atoms with Crippen molar-refractivity contribution < 1.29 is 9.00 Å². The molecule has 0 bridgehead atoms. The Kier molecular flexibility index (Phi) is 9.78. The Morgan fingerprint density at radius 1 is 0.860 bits per heavy atom. The van der Waals surface area contributed by atoms with Gasteiger partial charge in [-0.15, -0.1) is 9.61 Å². The monoisotopic (exact) mass is 689 g/mol. The van der Waals surface area contributed by atoms with Crippen molar-refractivity contribution in [1.29, 1.82) is 0 Å². The van der Waals surface area contributed by atoms with Crippen LogP contribution in [0, 0.1) is 34.3 Å². The molecule has 50 heavy (non-hydrogen) atoms. The quantitative estimate of drug-likeness (QED) is 0.118. The van der Waals surface area contributed by atoms with Crippen molar-refractivity contribution >= 4 is 62.5 Å². The molecule has 1 unspecified atom stereocenters. The van der Waals surface area contributed by atoms with E-state index in [1.165, 1.54) is 39.0 Å². The van der Waals surface area contributed by atoms with Gasteiger partial charge in [0.05, 0.1) is 28.9 Å². The first-order chi connectivity index (χ1) is 24.0. The van der Waals surface area contributed by atoms with E-state index < -0.39 is 16.7 Å². The van der Waals surface area contributed by atoms with Crippen molar-refractivity contribution in [2.75, 3.05) is 21.7 Å². The second-order valence-electron chi connectivity index (χ2n) is 12.5. The molecule has 7 rings (SSSR count). The fourth-order valence-electron chi connectivity index (χ4n) is 5.85. The van der Waals surface area contributed by atoms with Crippen LogP contribution in [0.15, 0.2) is 65.8 Å². The summed E-state index contributed by atoms with van der Waals surface area (Å²) in [5.74, 6) is 1.38. The fourth-order valence-corrected chi connectivity index (χ4v) is 6.75. The van der Waals surface area contributed by atoms with Gasteiger partial charge in [0.25, 0.3) is 11.7 Å². The maximum absolute atomic E-state index is 12.4. The first-order valence-electron chi connectivity index (χ1n) is 16.3. The van der Waals surface area contributed by atoms with E-state index in [4.69, 9.17) is 12.3 Å². The number of imidazole rings is 2. The van der Waals surface area contributed by atoms with E-state index in [1.807, 2.05) is 39.0 Å². The number of hydrogen-bond acceptors (Lipinski definition) is 9. The molecular weight excluding hydrogens is 651 g/mol. The number of carbonyl (C=O) groups excluding carboxylic acids is 1. The molecule has 1 saturated carbocycles. The Morgan fingerprint density at radius 2 is 1.42 bits per heavy atom. The van der Waals surface area contributed by atoms with Crippen LogP contribution in [0.4, 0.5) is 34.5 Å². The van der Waals surface area contributed by atoms with Crippen molar-refractivity contribution in [3.63, 3.8) is 0 Å². The maximum Gasteiger partial charge on any atom is 0.275 e. The van der Waals surface area contributed by atoms with Gasteiger partial charge in [0.2, 0.25) is 5.65 Å². The van der Waals surface area contributed by atoms with E-state index >= 15 is 0 Å². The number of hydrogen-bond donors (Lipinski definition) is 4. The largest absolute Gasteiger partial charge is 0.379 e. The Bertz CT molecular complexity index is 2260. The van der Waals surface area contributed by atoms with Gasteiger partial charge in [-0.1, -0.05) is 30.7 Å². The zero-order valence-corrected chi connectivity index (χ0v) is 29.4. The van der Waals surface area contributed by atoms with Gasteiger partial charge in [-0.25, -0.2) is 14.5 Å². The van der Waals surface area contributed by atoms with Crippen molar-refractivity contribution in [3.8, 4) is 0 Å². The number of anilines is 5. The highest BCUT2D eigenvalue weighted by Crippen LogP contribution is 2.29. The van der Waals surface area contributed by atoms with Crippen LogP contribution in [0.1, 0.15) is 58.9 Å². The van der Waals surface area contributed by atoms with Gasteiger partial charge in [-0.05, 0) is 93.5 Å². The van der Waals surface area contributed by atoms with Crippen LogP contribution in [0.2, 0.25) is 0 Å². The normalized spacial score (nSPS) is 13.2. The Labute approximate surface area is 292 Å². The van der Waals surface area contributed by atoms with Gasteiger partial charge < -0.3 is 26.5 Å². The van der Waals surface area contributed by atoms with E-state index in [-0.39, 0.29) is 5.69 Å². The number of primary amides is 1. The number of nitrogens with two attached hydrogens (primary N) is 1. The summed E-state index contributed by atoms with van der Waals surface area (Å²) in [4.78, 5) is 24.3. The summed E-state index contributed by atoms with van der Waals surface area (Å²) >= 11 is 0. The SMILES string of the molecule is Cc1cc(C)cc(Nc2cc(NC3CCC3)c3ncc(C(N)=O)n3n2)c1.[C-]#[N+]c1cnc2c(S(=O)CC)cc(Nc3cc(C)cc(C)c3)nn12. The highest BCUT2D eigenvalue weighted by Gasteiger charge is 2.21. The number of rotatable bonds is 9. The smallest absolute Gasteiger partial charge is 0.275 e. The zero-order valence-electron chi connectivity index (χ0n) is 28.6. The molecule has 0 aliphatic heterocycles. The van der Waals surface area contributed by atoms with Crippen LogP contribution in [0.25, 0.3) is 16.1 Å². The number of benzene rings is 2. The topological polar surface area (TPSA) is 161 Å². The van der Waals surface area contributed by atoms with Crippen LogP contribution in [-0.4, -0.2) is 51.1 Å². The van der Waals surface area contributed by atoms with E-state index in [9.17, 15) is 9.00 Å². The molecule has 0 radical (unpaired) electrons.